The topological polar surface area (TPSA) is 80.9 Å². The van der Waals surface area contributed by atoms with E-state index in [-0.39, 0.29) is 11.7 Å². The molecule has 28 heavy (non-hydrogen) atoms. The Kier molecular flexibility index (Phi) is 3.84. The lowest BCUT2D eigenvalue weighted by Gasteiger charge is -2.04. The summed E-state index contributed by atoms with van der Waals surface area (Å²) < 4.78 is 27.1. The lowest BCUT2D eigenvalue weighted by molar-refractivity contribution is 0.102. The van der Waals surface area contributed by atoms with Crippen molar-refractivity contribution in [2.45, 2.75) is 0 Å². The zero-order valence-electron chi connectivity index (χ0n) is 14.2. The molecule has 136 valence electrons. The molecule has 0 aliphatic heterocycles. The summed E-state index contributed by atoms with van der Waals surface area (Å²) in [5.41, 5.74) is 4.38. The van der Waals surface area contributed by atoms with Gasteiger partial charge in [-0.1, -0.05) is 0 Å². The van der Waals surface area contributed by atoms with Crippen molar-refractivity contribution >= 4 is 45.5 Å². The van der Waals surface area contributed by atoms with Crippen LogP contribution >= 0.6 is 11.7 Å². The Balaban J connectivity index is 1.42. The number of hydrogen-bond donors (Lipinski definition) is 1. The van der Waals surface area contributed by atoms with Crippen molar-refractivity contribution in [3.8, 4) is 11.5 Å². The largest absolute Gasteiger partial charge is 0.436 e. The highest BCUT2D eigenvalue weighted by Gasteiger charge is 2.12. The van der Waals surface area contributed by atoms with Gasteiger partial charge >= 0.3 is 0 Å². The molecule has 0 saturated heterocycles. The van der Waals surface area contributed by atoms with Crippen LogP contribution in [0.25, 0.3) is 33.6 Å². The third-order valence-electron chi connectivity index (χ3n) is 4.25. The van der Waals surface area contributed by atoms with E-state index >= 15 is 0 Å². The number of hydrogen-bond acceptors (Lipinski definition) is 6. The van der Waals surface area contributed by atoms with Crippen molar-refractivity contribution in [3.05, 3.63) is 72.0 Å². The van der Waals surface area contributed by atoms with Crippen LogP contribution in [0.4, 0.5) is 10.1 Å². The van der Waals surface area contributed by atoms with E-state index in [2.05, 4.69) is 19.0 Å². The van der Waals surface area contributed by atoms with Crippen LogP contribution < -0.4 is 5.32 Å². The minimum Gasteiger partial charge on any atom is -0.436 e. The molecule has 1 N–H and O–H groups in total. The first kappa shape index (κ1) is 16.5. The first-order chi connectivity index (χ1) is 13.7. The second kappa shape index (κ2) is 6.50. The quantitative estimate of drug-likeness (QED) is 0.474. The minimum atomic E-state index is -0.323. The number of carbonyl (C=O) groups is 1. The molecule has 5 rings (SSSR count). The van der Waals surface area contributed by atoms with E-state index in [4.69, 9.17) is 4.42 Å². The van der Waals surface area contributed by atoms with Crippen LogP contribution in [0.5, 0.6) is 0 Å². The Bertz CT molecular complexity index is 1330. The van der Waals surface area contributed by atoms with Gasteiger partial charge in [0.2, 0.25) is 5.89 Å². The molecule has 8 heteroatoms. The van der Waals surface area contributed by atoms with E-state index in [1.807, 2.05) is 0 Å². The maximum Gasteiger partial charge on any atom is 0.255 e. The molecule has 6 nitrogen and oxygen atoms in total. The molecule has 3 aromatic carbocycles. The van der Waals surface area contributed by atoms with Crippen LogP contribution in [0.3, 0.4) is 0 Å². The number of fused-ring (bicyclic) bond motifs is 2. The summed E-state index contributed by atoms with van der Waals surface area (Å²) in [5, 5.41) is 2.85. The minimum absolute atomic E-state index is 0.253. The van der Waals surface area contributed by atoms with E-state index < -0.39 is 0 Å². The van der Waals surface area contributed by atoms with Gasteiger partial charge in [-0.15, -0.1) is 0 Å². The zero-order chi connectivity index (χ0) is 19.1. The Morgan fingerprint density at radius 2 is 1.75 bits per heavy atom. The highest BCUT2D eigenvalue weighted by Crippen LogP contribution is 2.26. The van der Waals surface area contributed by atoms with Gasteiger partial charge in [0.25, 0.3) is 5.91 Å². The fraction of sp³-hybridized carbons (Fsp3) is 0. The van der Waals surface area contributed by atoms with Crippen molar-refractivity contribution < 1.29 is 13.6 Å². The molecule has 2 heterocycles. The number of amides is 1. The molecular weight excluding hydrogens is 379 g/mol. The molecule has 0 atom stereocenters. The fourth-order valence-electron chi connectivity index (χ4n) is 2.85. The Hall–Kier alpha value is -3.65. The summed E-state index contributed by atoms with van der Waals surface area (Å²) >= 11 is 1.11. The average Bonchev–Trinajstić information content (AvgIpc) is 3.34. The van der Waals surface area contributed by atoms with E-state index in [0.717, 1.165) is 17.2 Å². The van der Waals surface area contributed by atoms with Crippen LogP contribution in [0.2, 0.25) is 0 Å². The second-order valence-corrected chi connectivity index (χ2v) is 6.66. The van der Waals surface area contributed by atoms with Crippen LogP contribution in [0.15, 0.2) is 65.1 Å². The number of rotatable bonds is 3. The lowest BCUT2D eigenvalue weighted by Crippen LogP contribution is -2.11. The highest BCUT2D eigenvalue weighted by molar-refractivity contribution is 7.00. The van der Waals surface area contributed by atoms with E-state index in [1.165, 1.54) is 12.1 Å². The molecule has 0 saturated carbocycles. The van der Waals surface area contributed by atoms with Crippen molar-refractivity contribution in [1.29, 1.82) is 0 Å². The van der Waals surface area contributed by atoms with Crippen LogP contribution in [0, 0.1) is 5.82 Å². The van der Waals surface area contributed by atoms with Gasteiger partial charge in [0.05, 0.1) is 11.7 Å². The Morgan fingerprint density at radius 3 is 2.61 bits per heavy atom. The molecule has 0 radical (unpaired) electrons. The van der Waals surface area contributed by atoms with E-state index in [0.29, 0.717) is 39.3 Å². The van der Waals surface area contributed by atoms with Gasteiger partial charge in [0.1, 0.15) is 22.4 Å². The van der Waals surface area contributed by atoms with Crippen molar-refractivity contribution in [1.82, 2.24) is 13.7 Å². The first-order valence-corrected chi connectivity index (χ1v) is 9.09. The molecule has 0 fully saturated rings. The Morgan fingerprint density at radius 1 is 0.929 bits per heavy atom. The van der Waals surface area contributed by atoms with E-state index in [9.17, 15) is 9.18 Å². The summed E-state index contributed by atoms with van der Waals surface area (Å²) in [5.74, 6) is -0.187. The molecule has 0 unspecified atom stereocenters. The molecule has 2 aromatic heterocycles. The van der Waals surface area contributed by atoms with Gasteiger partial charge in [-0.25, -0.2) is 9.37 Å². The van der Waals surface area contributed by atoms with E-state index in [1.54, 1.807) is 48.5 Å². The number of carbonyl (C=O) groups excluding carboxylic acids is 1. The summed E-state index contributed by atoms with van der Waals surface area (Å²) in [7, 11) is 0. The molecule has 1 amide bonds. The number of nitrogens with zero attached hydrogens (tertiary/aromatic N) is 3. The summed E-state index contributed by atoms with van der Waals surface area (Å²) in [4.78, 5) is 17.0. The van der Waals surface area contributed by atoms with Crippen molar-refractivity contribution in [2.75, 3.05) is 5.32 Å². The Labute approximate surface area is 162 Å². The summed E-state index contributed by atoms with van der Waals surface area (Å²) in [6, 6.07) is 16.3. The third kappa shape index (κ3) is 2.99. The van der Waals surface area contributed by atoms with Crippen LogP contribution in [0.1, 0.15) is 10.4 Å². The molecule has 0 spiro atoms. The number of nitrogens with one attached hydrogen (secondary N) is 1. The molecule has 0 bridgehead atoms. The first-order valence-electron chi connectivity index (χ1n) is 8.36. The molecule has 0 aliphatic carbocycles. The third-order valence-corrected chi connectivity index (χ3v) is 4.81. The standard InChI is InChI=1S/C20H11FN4O2S/c21-13-4-1-11(2-5-13)20-23-17-10-14(6-8-18(17)27-20)22-19(26)12-3-7-15-16(9-12)25-28-24-15/h1-10H,(H,22,26). The zero-order valence-corrected chi connectivity index (χ0v) is 15.0. The van der Waals surface area contributed by atoms with Gasteiger partial charge in [-0.05, 0) is 60.7 Å². The van der Waals surface area contributed by atoms with Crippen molar-refractivity contribution in [3.63, 3.8) is 0 Å². The number of anilines is 1. The predicted octanol–water partition coefficient (Wildman–Crippen LogP) is 4.89. The second-order valence-electron chi connectivity index (χ2n) is 6.13. The van der Waals surface area contributed by atoms with Crippen LogP contribution in [-0.2, 0) is 0 Å². The fourth-order valence-corrected chi connectivity index (χ4v) is 3.37. The lowest BCUT2D eigenvalue weighted by atomic mass is 10.2. The maximum absolute atomic E-state index is 13.1. The SMILES string of the molecule is O=C(Nc1ccc2oc(-c3ccc(F)cc3)nc2c1)c1ccc2nsnc2c1. The van der Waals surface area contributed by atoms with Crippen LogP contribution in [-0.4, -0.2) is 19.6 Å². The summed E-state index contributed by atoms with van der Waals surface area (Å²) in [6.45, 7) is 0. The van der Waals surface area contributed by atoms with Crippen molar-refractivity contribution in [2.24, 2.45) is 0 Å². The smallest absolute Gasteiger partial charge is 0.255 e. The normalized spacial score (nSPS) is 11.2. The van der Waals surface area contributed by atoms with Gasteiger partial charge in [0.15, 0.2) is 5.58 Å². The predicted molar refractivity (Wildman–Crippen MR) is 105 cm³/mol. The molecule has 5 aromatic rings. The summed E-state index contributed by atoms with van der Waals surface area (Å²) in [6.07, 6.45) is 0. The van der Waals surface area contributed by atoms with Gasteiger partial charge < -0.3 is 9.73 Å². The monoisotopic (exact) mass is 390 g/mol. The number of oxazole rings is 1. The maximum atomic E-state index is 13.1. The number of benzene rings is 3. The average molecular weight is 390 g/mol. The van der Waals surface area contributed by atoms with Gasteiger partial charge in [0, 0.05) is 16.8 Å². The highest BCUT2D eigenvalue weighted by atomic mass is 32.1. The molecular formula is C20H11FN4O2S. The molecule has 0 aliphatic rings. The number of halogens is 1. The van der Waals surface area contributed by atoms with Gasteiger partial charge in [-0.3, -0.25) is 4.79 Å². The number of aromatic nitrogens is 3. The van der Waals surface area contributed by atoms with Gasteiger partial charge in [-0.2, -0.15) is 8.75 Å².